The maximum atomic E-state index is 12.2. The van der Waals surface area contributed by atoms with Crippen LogP contribution in [0.2, 0.25) is 0 Å². The van der Waals surface area contributed by atoms with Crippen molar-refractivity contribution in [1.82, 2.24) is 5.32 Å². The van der Waals surface area contributed by atoms with E-state index in [-0.39, 0.29) is 13.0 Å². The molecule has 0 fully saturated rings. The highest BCUT2D eigenvalue weighted by Gasteiger charge is 2.34. The summed E-state index contributed by atoms with van der Waals surface area (Å²) in [4.78, 5) is 34.8. The first-order chi connectivity index (χ1) is 12.1. The quantitative estimate of drug-likeness (QED) is 0.520. The van der Waals surface area contributed by atoms with Gasteiger partial charge in [0.2, 0.25) is 0 Å². The molecule has 144 valence electrons. The summed E-state index contributed by atoms with van der Waals surface area (Å²) >= 11 is 0. The van der Waals surface area contributed by atoms with Crippen molar-refractivity contribution in [2.75, 3.05) is 6.61 Å². The second-order valence-corrected chi connectivity index (χ2v) is 6.93. The van der Waals surface area contributed by atoms with Gasteiger partial charge >= 0.3 is 11.9 Å². The minimum atomic E-state index is -1.37. The van der Waals surface area contributed by atoms with Crippen LogP contribution in [0.1, 0.15) is 56.8 Å². The summed E-state index contributed by atoms with van der Waals surface area (Å²) in [6.07, 6.45) is 2.11. The van der Waals surface area contributed by atoms with Crippen LogP contribution in [-0.4, -0.2) is 45.8 Å². The SMILES string of the molecule is CC(CCCCCOC(C)(C)C(=O)O)(NC(=O)c1ccccc1)C(=O)O. The van der Waals surface area contributed by atoms with Crippen LogP contribution in [0.5, 0.6) is 0 Å². The Kier molecular flexibility index (Phi) is 7.76. The third kappa shape index (κ3) is 6.48. The van der Waals surface area contributed by atoms with Crippen molar-refractivity contribution in [1.29, 1.82) is 0 Å². The van der Waals surface area contributed by atoms with E-state index in [0.717, 1.165) is 0 Å². The van der Waals surface area contributed by atoms with Crippen LogP contribution in [0, 0.1) is 0 Å². The average molecular weight is 365 g/mol. The molecular formula is C19H27NO6. The molecule has 0 aliphatic rings. The van der Waals surface area contributed by atoms with E-state index < -0.39 is 29.0 Å². The Labute approximate surface area is 153 Å². The standard InChI is InChI=1S/C19H27NO6/c1-18(2,16(22)23)26-13-9-5-8-12-19(3,17(24)25)20-15(21)14-10-6-4-7-11-14/h4,6-7,10-11H,5,8-9,12-13H2,1-3H3,(H,20,21)(H,22,23)(H,24,25). The van der Waals surface area contributed by atoms with E-state index in [9.17, 15) is 19.5 Å². The maximum absolute atomic E-state index is 12.2. The number of nitrogens with one attached hydrogen (secondary N) is 1. The largest absolute Gasteiger partial charge is 0.480 e. The van der Waals surface area contributed by atoms with Gasteiger partial charge in [0.05, 0.1) is 0 Å². The van der Waals surface area contributed by atoms with E-state index in [2.05, 4.69) is 5.32 Å². The van der Waals surface area contributed by atoms with Crippen molar-refractivity contribution in [3.8, 4) is 0 Å². The predicted molar refractivity (Wildman–Crippen MR) is 96.1 cm³/mol. The third-order valence-corrected chi connectivity index (χ3v) is 4.20. The van der Waals surface area contributed by atoms with E-state index in [0.29, 0.717) is 24.8 Å². The average Bonchev–Trinajstić information content (AvgIpc) is 2.58. The number of carboxylic acid groups (broad SMARTS) is 2. The van der Waals surface area contributed by atoms with Crippen molar-refractivity contribution in [2.45, 2.75) is 57.6 Å². The summed E-state index contributed by atoms with van der Waals surface area (Å²) in [7, 11) is 0. The molecule has 1 rings (SSSR count). The van der Waals surface area contributed by atoms with Gasteiger partial charge in [0.25, 0.3) is 5.91 Å². The van der Waals surface area contributed by atoms with Gasteiger partial charge in [-0.15, -0.1) is 0 Å². The van der Waals surface area contributed by atoms with Gasteiger partial charge in [-0.1, -0.05) is 31.0 Å². The lowest BCUT2D eigenvalue weighted by molar-refractivity contribution is -0.161. The second kappa shape index (κ2) is 9.33. The predicted octanol–water partition coefficient (Wildman–Crippen LogP) is 2.70. The summed E-state index contributed by atoms with van der Waals surface area (Å²) in [5, 5.41) is 21.0. The lowest BCUT2D eigenvalue weighted by Crippen LogP contribution is -2.52. The van der Waals surface area contributed by atoms with Gasteiger partial charge in [-0.05, 0) is 45.7 Å². The number of unbranched alkanes of at least 4 members (excludes halogenated alkanes) is 2. The van der Waals surface area contributed by atoms with Gasteiger partial charge in [-0.3, -0.25) is 4.79 Å². The monoisotopic (exact) mass is 365 g/mol. The summed E-state index contributed by atoms with van der Waals surface area (Å²) in [6, 6.07) is 8.45. The first-order valence-corrected chi connectivity index (χ1v) is 8.57. The molecule has 0 radical (unpaired) electrons. The number of carboxylic acids is 2. The number of carbonyl (C=O) groups is 3. The van der Waals surface area contributed by atoms with E-state index in [1.807, 2.05) is 0 Å². The molecule has 1 unspecified atom stereocenters. The number of carbonyl (C=O) groups excluding carboxylic acids is 1. The summed E-state index contributed by atoms with van der Waals surface area (Å²) in [6.45, 7) is 4.73. The Morgan fingerprint density at radius 1 is 0.962 bits per heavy atom. The molecule has 1 aromatic rings. The van der Waals surface area contributed by atoms with Crippen molar-refractivity contribution < 1.29 is 29.3 Å². The Morgan fingerprint density at radius 3 is 2.12 bits per heavy atom. The third-order valence-electron chi connectivity index (χ3n) is 4.20. The molecule has 0 heterocycles. The molecule has 0 aliphatic heterocycles. The molecule has 7 heteroatoms. The van der Waals surface area contributed by atoms with Gasteiger partial charge < -0.3 is 20.3 Å². The molecule has 0 bridgehead atoms. The number of rotatable bonds is 11. The smallest absolute Gasteiger partial charge is 0.335 e. The highest BCUT2D eigenvalue weighted by atomic mass is 16.5. The highest BCUT2D eigenvalue weighted by Crippen LogP contribution is 2.17. The van der Waals surface area contributed by atoms with Crippen LogP contribution < -0.4 is 5.32 Å². The molecule has 0 saturated carbocycles. The molecule has 1 amide bonds. The molecule has 0 spiro atoms. The van der Waals surface area contributed by atoms with E-state index in [1.165, 1.54) is 20.8 Å². The van der Waals surface area contributed by atoms with Gasteiger partial charge in [0, 0.05) is 12.2 Å². The molecule has 3 N–H and O–H groups in total. The molecule has 26 heavy (non-hydrogen) atoms. The number of hydrogen-bond acceptors (Lipinski definition) is 4. The van der Waals surface area contributed by atoms with Crippen molar-refractivity contribution >= 4 is 17.8 Å². The lowest BCUT2D eigenvalue weighted by atomic mass is 9.93. The fourth-order valence-corrected chi connectivity index (χ4v) is 2.28. The van der Waals surface area contributed by atoms with Crippen LogP contribution in [0.25, 0.3) is 0 Å². The van der Waals surface area contributed by atoms with Gasteiger partial charge in [0.15, 0.2) is 5.60 Å². The first-order valence-electron chi connectivity index (χ1n) is 8.57. The van der Waals surface area contributed by atoms with Crippen molar-refractivity contribution in [2.24, 2.45) is 0 Å². The number of ether oxygens (including phenoxy) is 1. The van der Waals surface area contributed by atoms with Crippen LogP contribution in [0.3, 0.4) is 0 Å². The summed E-state index contributed by atoms with van der Waals surface area (Å²) in [5.74, 6) is -2.55. The molecule has 0 saturated heterocycles. The second-order valence-electron chi connectivity index (χ2n) is 6.93. The molecule has 1 aromatic carbocycles. The van der Waals surface area contributed by atoms with E-state index >= 15 is 0 Å². The summed E-state index contributed by atoms with van der Waals surface area (Å²) in [5.41, 5.74) is -2.20. The van der Waals surface area contributed by atoms with E-state index in [4.69, 9.17) is 9.84 Å². The zero-order valence-electron chi connectivity index (χ0n) is 15.4. The minimum absolute atomic E-state index is 0.267. The number of benzene rings is 1. The highest BCUT2D eigenvalue weighted by molar-refractivity contribution is 5.97. The maximum Gasteiger partial charge on any atom is 0.335 e. The fourth-order valence-electron chi connectivity index (χ4n) is 2.28. The van der Waals surface area contributed by atoms with Crippen LogP contribution in [-0.2, 0) is 14.3 Å². The van der Waals surface area contributed by atoms with Crippen LogP contribution in [0.15, 0.2) is 30.3 Å². The minimum Gasteiger partial charge on any atom is -0.480 e. The molecule has 1 atom stereocenters. The van der Waals surface area contributed by atoms with Crippen molar-refractivity contribution in [3.63, 3.8) is 0 Å². The molecule has 0 aromatic heterocycles. The topological polar surface area (TPSA) is 113 Å². The van der Waals surface area contributed by atoms with Gasteiger partial charge in [0.1, 0.15) is 5.54 Å². The number of aliphatic carboxylic acids is 2. The van der Waals surface area contributed by atoms with Gasteiger partial charge in [-0.2, -0.15) is 0 Å². The molecule has 7 nitrogen and oxygen atoms in total. The van der Waals surface area contributed by atoms with Crippen LogP contribution in [0.4, 0.5) is 0 Å². The summed E-state index contributed by atoms with van der Waals surface area (Å²) < 4.78 is 5.31. The number of hydrogen-bond donors (Lipinski definition) is 3. The zero-order chi connectivity index (χ0) is 19.8. The van der Waals surface area contributed by atoms with E-state index in [1.54, 1.807) is 30.3 Å². The Hall–Kier alpha value is -2.41. The Morgan fingerprint density at radius 2 is 1.58 bits per heavy atom. The first kappa shape index (κ1) is 21.6. The van der Waals surface area contributed by atoms with Gasteiger partial charge in [-0.25, -0.2) is 9.59 Å². The molecular weight excluding hydrogens is 338 g/mol. The van der Waals surface area contributed by atoms with Crippen molar-refractivity contribution in [3.05, 3.63) is 35.9 Å². The molecule has 0 aliphatic carbocycles. The fraction of sp³-hybridized carbons (Fsp3) is 0.526. The zero-order valence-corrected chi connectivity index (χ0v) is 15.4. The Balaban J connectivity index is 2.46. The van der Waals surface area contributed by atoms with Crippen LogP contribution >= 0.6 is 0 Å². The lowest BCUT2D eigenvalue weighted by Gasteiger charge is -2.26. The normalized spacial score (nSPS) is 13.7. The Bertz CT molecular complexity index is 628. The number of amides is 1.